The molecule has 5 heteroatoms. The Morgan fingerprint density at radius 3 is 1.82 bits per heavy atom. The monoisotopic (exact) mass is 511 g/mol. The van der Waals surface area contributed by atoms with E-state index in [1.807, 2.05) is 30.3 Å². The Labute approximate surface area is 230 Å². The van der Waals surface area contributed by atoms with Crippen LogP contribution in [-0.2, 0) is 0 Å². The summed E-state index contributed by atoms with van der Waals surface area (Å²) < 4.78 is 0. The standard InChI is InChI=1S/C35H21N5/c1-2-5-26(6-3-1)35-39-30(22-9-13-27(14-10-22)34-37-20-36-21-38-34)19-31(40-35)28-17-15-25-12-11-23-7-4-8-24-16-18-29(28)33(25)32(23)24/h1-21H. The van der Waals surface area contributed by atoms with Gasteiger partial charge >= 0.3 is 0 Å². The average molecular weight is 512 g/mol. The first-order valence-electron chi connectivity index (χ1n) is 13.2. The van der Waals surface area contributed by atoms with Crippen LogP contribution in [0.25, 0.3) is 77.6 Å². The number of hydrogen-bond acceptors (Lipinski definition) is 5. The first-order chi connectivity index (χ1) is 19.8. The SMILES string of the molecule is c1ccc(-c2nc(-c3ccc(-c4ncncn4)cc3)cc(-c3ccc4ccc5cccc6ccc3c4c56)n2)cc1. The van der Waals surface area contributed by atoms with Crippen LogP contribution in [0, 0.1) is 0 Å². The number of hydrogen-bond donors (Lipinski definition) is 0. The van der Waals surface area contributed by atoms with Gasteiger partial charge in [0.2, 0.25) is 0 Å². The van der Waals surface area contributed by atoms with E-state index in [0.717, 1.165) is 33.6 Å². The Morgan fingerprint density at radius 2 is 1.05 bits per heavy atom. The first-order valence-corrected chi connectivity index (χ1v) is 13.2. The largest absolute Gasteiger partial charge is 0.228 e. The van der Waals surface area contributed by atoms with Crippen LogP contribution in [0.1, 0.15) is 0 Å². The van der Waals surface area contributed by atoms with Crippen molar-refractivity contribution in [2.75, 3.05) is 0 Å². The Bertz CT molecular complexity index is 2120. The van der Waals surface area contributed by atoms with Gasteiger partial charge < -0.3 is 0 Å². The molecule has 0 unspecified atom stereocenters. The Morgan fingerprint density at radius 1 is 0.425 bits per heavy atom. The summed E-state index contributed by atoms with van der Waals surface area (Å²) in [5, 5.41) is 7.49. The van der Waals surface area contributed by atoms with E-state index in [9.17, 15) is 0 Å². The van der Waals surface area contributed by atoms with Crippen LogP contribution in [0.2, 0.25) is 0 Å². The van der Waals surface area contributed by atoms with E-state index in [1.165, 1.54) is 45.0 Å². The fourth-order valence-electron chi connectivity index (χ4n) is 5.59. The van der Waals surface area contributed by atoms with Crippen LogP contribution in [0.3, 0.4) is 0 Å². The Hall–Kier alpha value is -5.55. The molecule has 8 aromatic rings. The molecule has 2 heterocycles. The fraction of sp³-hybridized carbons (Fsp3) is 0. The van der Waals surface area contributed by atoms with Crippen molar-refractivity contribution < 1.29 is 0 Å². The van der Waals surface area contributed by atoms with Crippen molar-refractivity contribution in [1.82, 2.24) is 24.9 Å². The van der Waals surface area contributed by atoms with Gasteiger partial charge in [-0.1, -0.05) is 109 Å². The van der Waals surface area contributed by atoms with Gasteiger partial charge in [0.25, 0.3) is 0 Å². The van der Waals surface area contributed by atoms with Gasteiger partial charge in [-0.15, -0.1) is 0 Å². The summed E-state index contributed by atoms with van der Waals surface area (Å²) in [6, 6.07) is 40.2. The molecule has 0 radical (unpaired) electrons. The van der Waals surface area contributed by atoms with Gasteiger partial charge in [-0.05, 0) is 38.4 Å². The smallest absolute Gasteiger partial charge is 0.162 e. The number of benzene rings is 6. The highest BCUT2D eigenvalue weighted by molar-refractivity contribution is 6.25. The molecule has 40 heavy (non-hydrogen) atoms. The Balaban J connectivity index is 1.34. The zero-order chi connectivity index (χ0) is 26.5. The van der Waals surface area contributed by atoms with Crippen LogP contribution in [-0.4, -0.2) is 24.9 Å². The molecule has 0 saturated carbocycles. The molecule has 0 N–H and O–H groups in total. The third-order valence-electron chi connectivity index (χ3n) is 7.49. The van der Waals surface area contributed by atoms with Gasteiger partial charge in [0.15, 0.2) is 11.6 Å². The quantitative estimate of drug-likeness (QED) is 0.223. The number of rotatable bonds is 4. The van der Waals surface area contributed by atoms with Crippen LogP contribution in [0.15, 0.2) is 128 Å². The number of nitrogens with zero attached hydrogens (tertiary/aromatic N) is 5. The topological polar surface area (TPSA) is 64.5 Å². The molecule has 0 fully saturated rings. The molecule has 2 aromatic heterocycles. The second kappa shape index (κ2) is 9.03. The molecule has 186 valence electrons. The van der Waals surface area contributed by atoms with Crippen molar-refractivity contribution in [3.05, 3.63) is 128 Å². The Kier molecular flexibility index (Phi) is 5.07. The van der Waals surface area contributed by atoms with Gasteiger partial charge in [-0.25, -0.2) is 24.9 Å². The fourth-order valence-corrected chi connectivity index (χ4v) is 5.59. The second-order valence-electron chi connectivity index (χ2n) is 9.84. The zero-order valence-corrected chi connectivity index (χ0v) is 21.4. The lowest BCUT2D eigenvalue weighted by Crippen LogP contribution is -1.97. The third-order valence-corrected chi connectivity index (χ3v) is 7.49. The predicted octanol–water partition coefficient (Wildman–Crippen LogP) is 8.23. The first kappa shape index (κ1) is 22.4. The number of aromatic nitrogens is 5. The lowest BCUT2D eigenvalue weighted by atomic mass is 9.91. The summed E-state index contributed by atoms with van der Waals surface area (Å²) in [6.45, 7) is 0. The van der Waals surface area contributed by atoms with E-state index in [-0.39, 0.29) is 0 Å². The molecule has 0 atom stereocenters. The van der Waals surface area contributed by atoms with Gasteiger partial charge in [0, 0.05) is 22.3 Å². The lowest BCUT2D eigenvalue weighted by molar-refractivity contribution is 1.06. The zero-order valence-electron chi connectivity index (χ0n) is 21.4. The summed E-state index contributed by atoms with van der Waals surface area (Å²) >= 11 is 0. The second-order valence-corrected chi connectivity index (χ2v) is 9.84. The molecule has 0 bridgehead atoms. The van der Waals surface area contributed by atoms with Crippen LogP contribution in [0.4, 0.5) is 0 Å². The van der Waals surface area contributed by atoms with Gasteiger partial charge in [0.1, 0.15) is 12.7 Å². The van der Waals surface area contributed by atoms with Crippen molar-refractivity contribution in [3.63, 3.8) is 0 Å². The minimum absolute atomic E-state index is 0.642. The maximum atomic E-state index is 5.11. The molecule has 0 amide bonds. The summed E-state index contributed by atoms with van der Waals surface area (Å²) in [6.07, 6.45) is 3.02. The van der Waals surface area contributed by atoms with Crippen LogP contribution in [0.5, 0.6) is 0 Å². The van der Waals surface area contributed by atoms with E-state index >= 15 is 0 Å². The van der Waals surface area contributed by atoms with Crippen LogP contribution >= 0.6 is 0 Å². The molecular formula is C35H21N5. The summed E-state index contributed by atoms with van der Waals surface area (Å²) in [5.41, 5.74) is 5.74. The van der Waals surface area contributed by atoms with Gasteiger partial charge in [-0.2, -0.15) is 0 Å². The highest BCUT2D eigenvalue weighted by Crippen LogP contribution is 2.39. The highest BCUT2D eigenvalue weighted by Gasteiger charge is 2.16. The summed E-state index contributed by atoms with van der Waals surface area (Å²) in [7, 11) is 0. The van der Waals surface area contributed by atoms with E-state index < -0.39 is 0 Å². The van der Waals surface area contributed by atoms with Crippen molar-refractivity contribution in [2.24, 2.45) is 0 Å². The van der Waals surface area contributed by atoms with Crippen molar-refractivity contribution in [2.45, 2.75) is 0 Å². The van der Waals surface area contributed by atoms with Crippen molar-refractivity contribution in [1.29, 1.82) is 0 Å². The highest BCUT2D eigenvalue weighted by atomic mass is 15.0. The maximum Gasteiger partial charge on any atom is 0.162 e. The predicted molar refractivity (Wildman–Crippen MR) is 161 cm³/mol. The molecule has 0 spiro atoms. The third kappa shape index (κ3) is 3.68. The molecule has 0 saturated heterocycles. The normalized spacial score (nSPS) is 11.5. The molecule has 0 aliphatic heterocycles. The molecule has 8 rings (SSSR count). The van der Waals surface area contributed by atoms with Gasteiger partial charge in [0.05, 0.1) is 11.4 Å². The molecule has 0 aliphatic carbocycles. The molecule has 0 aliphatic rings. The minimum atomic E-state index is 0.642. The summed E-state index contributed by atoms with van der Waals surface area (Å²) in [5.74, 6) is 1.34. The molecular weight excluding hydrogens is 490 g/mol. The molecule has 6 aromatic carbocycles. The minimum Gasteiger partial charge on any atom is -0.228 e. The van der Waals surface area contributed by atoms with Crippen molar-refractivity contribution in [3.8, 4) is 45.3 Å². The maximum absolute atomic E-state index is 5.11. The summed E-state index contributed by atoms with van der Waals surface area (Å²) in [4.78, 5) is 22.6. The van der Waals surface area contributed by atoms with Crippen LogP contribution < -0.4 is 0 Å². The van der Waals surface area contributed by atoms with E-state index in [2.05, 4.69) is 99.9 Å². The van der Waals surface area contributed by atoms with Crippen molar-refractivity contribution >= 4 is 32.3 Å². The molecule has 5 nitrogen and oxygen atoms in total. The van der Waals surface area contributed by atoms with E-state index in [1.54, 1.807) is 0 Å². The average Bonchev–Trinajstić information content (AvgIpc) is 3.04. The lowest BCUT2D eigenvalue weighted by Gasteiger charge is -2.15. The van der Waals surface area contributed by atoms with E-state index in [4.69, 9.17) is 9.97 Å². The van der Waals surface area contributed by atoms with Gasteiger partial charge in [-0.3, -0.25) is 0 Å². The van der Waals surface area contributed by atoms with E-state index in [0.29, 0.717) is 11.6 Å².